The van der Waals surface area contributed by atoms with Gasteiger partial charge in [-0.05, 0) is 44.2 Å². The van der Waals surface area contributed by atoms with Crippen molar-refractivity contribution >= 4 is 33.4 Å². The predicted molar refractivity (Wildman–Crippen MR) is 101 cm³/mol. The van der Waals surface area contributed by atoms with Crippen LogP contribution in [-0.2, 0) is 10.0 Å². The molecule has 1 aromatic carbocycles. The van der Waals surface area contributed by atoms with Gasteiger partial charge in [0.05, 0.1) is 21.0 Å². The molecule has 0 saturated heterocycles. The Balaban J connectivity index is 2.20. The number of hydrogen-bond acceptors (Lipinski definition) is 5. The number of amides is 2. The van der Waals surface area contributed by atoms with Gasteiger partial charge in [0.2, 0.25) is 10.0 Å². The number of carbonyl (C=O) groups excluding carboxylic acids is 2. The van der Waals surface area contributed by atoms with E-state index in [1.165, 1.54) is 48.0 Å². The van der Waals surface area contributed by atoms with Crippen LogP contribution >= 0.6 is 11.6 Å². The number of aromatic nitrogens is 1. The van der Waals surface area contributed by atoms with E-state index in [1.54, 1.807) is 19.9 Å². The largest absolute Gasteiger partial charge is 0.271 e. The van der Waals surface area contributed by atoms with Crippen molar-refractivity contribution in [1.29, 1.82) is 0 Å². The standard InChI is InChI=1S/C17H19ClN4O4S/c1-11(2)22(3)27(25,26)13-6-7-15(18)14(9-13)17(24)21-20-16(23)12-5-4-8-19-10-12/h4-11H,1-3H3,(H,20,23)(H,21,24). The molecule has 2 amide bonds. The molecule has 8 nitrogen and oxygen atoms in total. The van der Waals surface area contributed by atoms with E-state index in [9.17, 15) is 18.0 Å². The molecular formula is C17H19ClN4O4S. The second-order valence-corrected chi connectivity index (χ2v) is 8.31. The number of sulfonamides is 1. The Morgan fingerprint density at radius 3 is 2.41 bits per heavy atom. The van der Waals surface area contributed by atoms with E-state index >= 15 is 0 Å². The lowest BCUT2D eigenvalue weighted by atomic mass is 10.2. The average molecular weight is 411 g/mol. The predicted octanol–water partition coefficient (Wildman–Crippen LogP) is 1.84. The maximum atomic E-state index is 12.6. The van der Waals surface area contributed by atoms with Crippen LogP contribution < -0.4 is 10.9 Å². The molecule has 2 N–H and O–H groups in total. The van der Waals surface area contributed by atoms with Crippen molar-refractivity contribution in [1.82, 2.24) is 20.1 Å². The highest BCUT2D eigenvalue weighted by Gasteiger charge is 2.25. The highest BCUT2D eigenvalue weighted by atomic mass is 35.5. The normalized spacial score (nSPS) is 11.5. The van der Waals surface area contributed by atoms with Crippen LogP contribution in [0.4, 0.5) is 0 Å². The maximum absolute atomic E-state index is 12.6. The third-order valence-electron chi connectivity index (χ3n) is 3.80. The number of carbonyl (C=O) groups is 2. The summed E-state index contributed by atoms with van der Waals surface area (Å²) in [6, 6.07) is 6.65. The number of halogens is 1. The van der Waals surface area contributed by atoms with E-state index in [0.29, 0.717) is 0 Å². The molecule has 0 aliphatic heterocycles. The third-order valence-corrected chi connectivity index (χ3v) is 6.16. The number of nitrogens with one attached hydrogen (secondary N) is 2. The van der Waals surface area contributed by atoms with Crippen molar-refractivity contribution in [3.05, 3.63) is 58.9 Å². The van der Waals surface area contributed by atoms with E-state index in [4.69, 9.17) is 11.6 Å². The Morgan fingerprint density at radius 1 is 1.15 bits per heavy atom. The van der Waals surface area contributed by atoms with Gasteiger partial charge in [0.25, 0.3) is 11.8 Å². The summed E-state index contributed by atoms with van der Waals surface area (Å²) in [6.45, 7) is 3.46. The Morgan fingerprint density at radius 2 is 1.81 bits per heavy atom. The number of hydrogen-bond donors (Lipinski definition) is 2. The first kappa shape index (κ1) is 20.8. The minimum absolute atomic E-state index is 0.0503. The number of pyridine rings is 1. The maximum Gasteiger partial charge on any atom is 0.271 e. The van der Waals surface area contributed by atoms with Crippen molar-refractivity contribution in [3.63, 3.8) is 0 Å². The number of hydrazine groups is 1. The number of rotatable bonds is 5. The summed E-state index contributed by atoms with van der Waals surface area (Å²) in [4.78, 5) is 28.0. The Bertz CT molecular complexity index is 949. The topological polar surface area (TPSA) is 108 Å². The van der Waals surface area contributed by atoms with E-state index in [2.05, 4.69) is 15.8 Å². The van der Waals surface area contributed by atoms with Gasteiger partial charge in [0.1, 0.15) is 0 Å². The molecule has 0 saturated carbocycles. The molecular weight excluding hydrogens is 392 g/mol. The number of benzene rings is 1. The highest BCUT2D eigenvalue weighted by molar-refractivity contribution is 7.89. The molecule has 2 aromatic rings. The monoisotopic (exact) mass is 410 g/mol. The smallest absolute Gasteiger partial charge is 0.267 e. The molecule has 0 fully saturated rings. The van der Waals surface area contributed by atoms with Gasteiger partial charge in [-0.25, -0.2) is 8.42 Å². The van der Waals surface area contributed by atoms with Gasteiger partial charge >= 0.3 is 0 Å². The third kappa shape index (κ3) is 4.82. The van der Waals surface area contributed by atoms with Gasteiger partial charge < -0.3 is 0 Å². The van der Waals surface area contributed by atoms with Crippen LogP contribution in [0.5, 0.6) is 0 Å². The van der Waals surface area contributed by atoms with Gasteiger partial charge in [-0.1, -0.05) is 11.6 Å². The van der Waals surface area contributed by atoms with Gasteiger partial charge in [-0.15, -0.1) is 0 Å². The van der Waals surface area contributed by atoms with E-state index < -0.39 is 21.8 Å². The quantitative estimate of drug-likeness (QED) is 0.731. The molecule has 0 radical (unpaired) electrons. The molecule has 0 aliphatic rings. The van der Waals surface area contributed by atoms with Crippen LogP contribution in [0.15, 0.2) is 47.6 Å². The first-order valence-corrected chi connectivity index (χ1v) is 9.74. The second kappa shape index (κ2) is 8.47. The zero-order chi connectivity index (χ0) is 20.2. The number of nitrogens with zero attached hydrogens (tertiary/aromatic N) is 2. The van der Waals surface area contributed by atoms with Gasteiger partial charge in [-0.2, -0.15) is 4.31 Å². The lowest BCUT2D eigenvalue weighted by molar-refractivity contribution is 0.0846. The molecule has 144 valence electrons. The zero-order valence-corrected chi connectivity index (χ0v) is 16.5. The summed E-state index contributed by atoms with van der Waals surface area (Å²) in [5.74, 6) is -1.32. The van der Waals surface area contributed by atoms with Crippen molar-refractivity contribution in [2.24, 2.45) is 0 Å². The van der Waals surface area contributed by atoms with Crippen molar-refractivity contribution in [2.75, 3.05) is 7.05 Å². The van der Waals surface area contributed by atoms with Crippen molar-refractivity contribution in [2.45, 2.75) is 24.8 Å². The summed E-state index contributed by atoms with van der Waals surface area (Å²) in [6.07, 6.45) is 2.85. The fourth-order valence-corrected chi connectivity index (χ4v) is 3.63. The molecule has 0 aliphatic carbocycles. The first-order chi connectivity index (χ1) is 12.6. The van der Waals surface area contributed by atoms with Gasteiger partial charge in [0, 0.05) is 25.5 Å². The zero-order valence-electron chi connectivity index (χ0n) is 14.9. The Labute approximate surface area is 162 Å². The summed E-state index contributed by atoms with van der Waals surface area (Å²) in [5, 5.41) is 0.0503. The SMILES string of the molecule is CC(C)N(C)S(=O)(=O)c1ccc(Cl)c(C(=O)NNC(=O)c2cccnc2)c1. The van der Waals surface area contributed by atoms with Crippen LogP contribution in [0.25, 0.3) is 0 Å². The highest BCUT2D eigenvalue weighted by Crippen LogP contribution is 2.23. The lowest BCUT2D eigenvalue weighted by Gasteiger charge is -2.21. The fourth-order valence-electron chi connectivity index (χ4n) is 2.03. The van der Waals surface area contributed by atoms with Crippen LogP contribution in [0.3, 0.4) is 0 Å². The van der Waals surface area contributed by atoms with Crippen molar-refractivity contribution < 1.29 is 18.0 Å². The average Bonchev–Trinajstić information content (AvgIpc) is 2.65. The second-order valence-electron chi connectivity index (χ2n) is 5.91. The van der Waals surface area contributed by atoms with Crippen LogP contribution in [0.1, 0.15) is 34.6 Å². The van der Waals surface area contributed by atoms with Crippen LogP contribution in [0, 0.1) is 0 Å². The molecule has 0 unspecified atom stereocenters. The minimum Gasteiger partial charge on any atom is -0.267 e. The first-order valence-electron chi connectivity index (χ1n) is 7.93. The van der Waals surface area contributed by atoms with Crippen molar-refractivity contribution in [3.8, 4) is 0 Å². The fraction of sp³-hybridized carbons (Fsp3) is 0.235. The molecule has 0 atom stereocenters. The molecule has 0 bridgehead atoms. The van der Waals surface area contributed by atoms with Crippen LogP contribution in [-0.4, -0.2) is 42.6 Å². The summed E-state index contributed by atoms with van der Waals surface area (Å²) >= 11 is 6.02. The Kier molecular flexibility index (Phi) is 6.53. The molecule has 2 rings (SSSR count). The Hall–Kier alpha value is -2.49. The van der Waals surface area contributed by atoms with Gasteiger partial charge in [-0.3, -0.25) is 25.4 Å². The van der Waals surface area contributed by atoms with E-state index in [0.717, 1.165) is 0 Å². The molecule has 0 spiro atoms. The molecule has 1 aromatic heterocycles. The summed E-state index contributed by atoms with van der Waals surface area (Å²) in [7, 11) is -2.34. The molecule has 27 heavy (non-hydrogen) atoms. The van der Waals surface area contributed by atoms with E-state index in [-0.39, 0.29) is 27.1 Å². The van der Waals surface area contributed by atoms with Crippen LogP contribution in [0.2, 0.25) is 5.02 Å². The van der Waals surface area contributed by atoms with E-state index in [1.807, 2.05) is 0 Å². The molecule has 10 heteroatoms. The van der Waals surface area contributed by atoms with Gasteiger partial charge in [0.15, 0.2) is 0 Å². The molecule has 1 heterocycles. The lowest BCUT2D eigenvalue weighted by Crippen LogP contribution is -2.41. The minimum atomic E-state index is -3.79. The summed E-state index contributed by atoms with van der Waals surface area (Å²) < 4.78 is 26.4. The summed E-state index contributed by atoms with van der Waals surface area (Å²) in [5.41, 5.74) is 4.60.